The Morgan fingerprint density at radius 3 is 2.91 bits per heavy atom. The van der Waals surface area contributed by atoms with Gasteiger partial charge in [-0.05, 0) is 42.5 Å². The molecule has 1 aliphatic rings. The topological polar surface area (TPSA) is 115 Å². The number of nitrogens with two attached hydrogens (primary N) is 1. The maximum atomic E-state index is 13.2. The molecule has 3 N–H and O–H groups in total. The predicted octanol–water partition coefficient (Wildman–Crippen LogP) is 3.49. The first-order valence-corrected chi connectivity index (χ1v) is 11.2. The fourth-order valence-corrected chi connectivity index (χ4v) is 5.15. The Morgan fingerprint density at radius 2 is 2.16 bits per heavy atom. The maximum absolute atomic E-state index is 13.2. The number of hydrogen-bond donors (Lipinski definition) is 2. The van der Waals surface area contributed by atoms with E-state index in [-0.39, 0.29) is 12.0 Å². The number of amides is 2. The molecule has 0 radical (unpaired) electrons. The van der Waals surface area contributed by atoms with E-state index in [1.54, 1.807) is 35.5 Å². The summed E-state index contributed by atoms with van der Waals surface area (Å²) in [5.41, 5.74) is 8.01. The van der Waals surface area contributed by atoms with E-state index in [1.165, 1.54) is 0 Å². The molecule has 1 fully saturated rings. The average Bonchev–Trinajstić information content (AvgIpc) is 3.46. The number of primary amides is 1. The molecule has 0 spiro atoms. The Hall–Kier alpha value is -3.53. The minimum Gasteiger partial charge on any atom is -0.494 e. The molecule has 32 heavy (non-hydrogen) atoms. The van der Waals surface area contributed by atoms with E-state index in [4.69, 9.17) is 20.2 Å². The van der Waals surface area contributed by atoms with Gasteiger partial charge in [0.25, 0.3) is 5.91 Å². The van der Waals surface area contributed by atoms with E-state index >= 15 is 0 Å². The summed E-state index contributed by atoms with van der Waals surface area (Å²) in [6.07, 6.45) is 0.212. The van der Waals surface area contributed by atoms with Crippen molar-refractivity contribution in [3.05, 3.63) is 35.2 Å². The quantitative estimate of drug-likeness (QED) is 0.491. The van der Waals surface area contributed by atoms with Crippen molar-refractivity contribution in [3.8, 4) is 17.3 Å². The third-order valence-corrected chi connectivity index (χ3v) is 6.68. The van der Waals surface area contributed by atoms with Gasteiger partial charge in [-0.15, -0.1) is 11.3 Å². The van der Waals surface area contributed by atoms with Gasteiger partial charge in [0.15, 0.2) is 5.82 Å². The van der Waals surface area contributed by atoms with Crippen LogP contribution in [-0.2, 0) is 11.8 Å². The van der Waals surface area contributed by atoms with Gasteiger partial charge in [-0.25, -0.2) is 9.78 Å². The van der Waals surface area contributed by atoms with Crippen LogP contribution in [0.2, 0.25) is 0 Å². The number of hydrogen-bond acceptors (Lipinski definition) is 6. The molecule has 1 aromatic carbocycles. The number of rotatable bonds is 4. The van der Waals surface area contributed by atoms with E-state index in [2.05, 4.69) is 17.1 Å². The third-order valence-electron chi connectivity index (χ3n) is 5.83. The zero-order valence-corrected chi connectivity index (χ0v) is 18.6. The highest BCUT2D eigenvalue weighted by Gasteiger charge is 2.28. The highest BCUT2D eigenvalue weighted by Crippen LogP contribution is 2.34. The van der Waals surface area contributed by atoms with Gasteiger partial charge in [-0.2, -0.15) is 0 Å². The van der Waals surface area contributed by atoms with Crippen molar-refractivity contribution in [3.63, 3.8) is 0 Å². The number of H-pyrrole nitrogens is 1. The highest BCUT2D eigenvalue weighted by molar-refractivity contribution is 7.16. The summed E-state index contributed by atoms with van der Waals surface area (Å²) in [6.45, 7) is 0.902. The Morgan fingerprint density at radius 1 is 1.31 bits per heavy atom. The van der Waals surface area contributed by atoms with Crippen LogP contribution in [0.5, 0.6) is 5.75 Å². The van der Waals surface area contributed by atoms with Crippen LogP contribution in [0.25, 0.3) is 32.8 Å². The molecule has 10 heteroatoms. The van der Waals surface area contributed by atoms with Gasteiger partial charge >= 0.3 is 6.09 Å². The van der Waals surface area contributed by atoms with E-state index in [0.717, 1.165) is 33.7 Å². The number of piperidine rings is 1. The lowest BCUT2D eigenvalue weighted by molar-refractivity contribution is 0.0373. The Labute approximate surface area is 187 Å². The van der Waals surface area contributed by atoms with Crippen molar-refractivity contribution in [1.29, 1.82) is 0 Å². The molecule has 0 saturated carbocycles. The zero-order chi connectivity index (χ0) is 22.4. The number of nitrogens with one attached hydrogen (secondary N) is 1. The second kappa shape index (κ2) is 7.86. The molecule has 1 atom stereocenters. The van der Waals surface area contributed by atoms with Gasteiger partial charge in [-0.1, -0.05) is 0 Å². The van der Waals surface area contributed by atoms with Gasteiger partial charge in [0, 0.05) is 24.5 Å². The predicted molar refractivity (Wildman–Crippen MR) is 122 cm³/mol. The number of methoxy groups -OCH3 is 1. The van der Waals surface area contributed by atoms with Crippen LogP contribution >= 0.6 is 11.3 Å². The average molecular weight is 454 g/mol. The normalized spacial score (nSPS) is 16.6. The summed E-state index contributed by atoms with van der Waals surface area (Å²) in [7, 11) is 3.51. The minimum absolute atomic E-state index is 0.157. The van der Waals surface area contributed by atoms with Gasteiger partial charge in [0.1, 0.15) is 22.2 Å². The number of nitrogens with zero attached hydrogens (tertiary/aromatic N) is 3. The number of aromatic amines is 1. The van der Waals surface area contributed by atoms with Crippen LogP contribution in [0.1, 0.15) is 23.2 Å². The molecule has 4 heterocycles. The third kappa shape index (κ3) is 3.46. The number of carbonyl (C=O) groups excluding carboxylic acids is 2. The van der Waals surface area contributed by atoms with Crippen molar-refractivity contribution in [2.45, 2.75) is 18.9 Å². The summed E-state index contributed by atoms with van der Waals surface area (Å²) in [4.78, 5) is 35.3. The van der Waals surface area contributed by atoms with Crippen LogP contribution < -0.4 is 10.5 Å². The summed E-state index contributed by atoms with van der Waals surface area (Å²) < 4.78 is 12.7. The van der Waals surface area contributed by atoms with Gasteiger partial charge in [0.05, 0.1) is 24.9 Å². The standard InChI is InChI=1S/C22H23N5O4S/c1-26-18-15(24-19(26)16-8-12-5-7-32-20(12)25-16)9-13(10-17(18)30-2)21(28)27-6-3-4-14(11-27)31-22(23)29/h5,7-10,14,25H,3-4,6,11H2,1-2H3,(H2,23,29). The number of aryl methyl sites for hydroxylation is 1. The smallest absolute Gasteiger partial charge is 0.404 e. The second-order valence-corrected chi connectivity index (χ2v) is 8.80. The number of imidazole rings is 1. The fraction of sp³-hybridized carbons (Fsp3) is 0.318. The van der Waals surface area contributed by atoms with E-state index in [0.29, 0.717) is 36.3 Å². The fourth-order valence-electron chi connectivity index (χ4n) is 4.36. The van der Waals surface area contributed by atoms with Gasteiger partial charge in [-0.3, -0.25) is 4.79 Å². The second-order valence-electron chi connectivity index (χ2n) is 7.88. The van der Waals surface area contributed by atoms with E-state index in [9.17, 15) is 9.59 Å². The number of ether oxygens (including phenoxy) is 2. The Kier molecular flexibility index (Phi) is 5.01. The maximum Gasteiger partial charge on any atom is 0.404 e. The molecule has 2 amide bonds. The molecule has 4 aromatic rings. The summed E-state index contributed by atoms with van der Waals surface area (Å²) in [5.74, 6) is 1.18. The van der Waals surface area contributed by atoms with Gasteiger partial charge < -0.3 is 29.7 Å². The van der Waals surface area contributed by atoms with Crippen molar-refractivity contribution in [2.75, 3.05) is 20.2 Å². The summed E-state index contributed by atoms with van der Waals surface area (Å²) in [6, 6.07) is 7.65. The van der Waals surface area contributed by atoms with E-state index in [1.807, 2.05) is 17.0 Å². The number of aromatic nitrogens is 3. The van der Waals surface area contributed by atoms with Crippen molar-refractivity contribution in [1.82, 2.24) is 19.4 Å². The number of benzene rings is 1. The lowest BCUT2D eigenvalue weighted by Crippen LogP contribution is -2.44. The molecule has 0 aliphatic carbocycles. The first-order chi connectivity index (χ1) is 15.4. The molecule has 3 aromatic heterocycles. The van der Waals surface area contributed by atoms with Crippen LogP contribution in [0.15, 0.2) is 29.6 Å². The number of likely N-dealkylation sites (tertiary alicyclic amines) is 1. The molecule has 1 unspecified atom stereocenters. The summed E-state index contributed by atoms with van der Waals surface area (Å²) in [5, 5.41) is 3.18. The largest absolute Gasteiger partial charge is 0.494 e. The lowest BCUT2D eigenvalue weighted by Gasteiger charge is -2.32. The lowest BCUT2D eigenvalue weighted by atomic mass is 10.1. The SMILES string of the molecule is COc1cc(C(=O)N2CCCC(OC(N)=O)C2)cc2nc(-c3cc4ccsc4[nH]3)n(C)c12. The molecule has 1 aliphatic heterocycles. The first-order valence-electron chi connectivity index (χ1n) is 10.3. The van der Waals surface area contributed by atoms with Crippen LogP contribution in [0.4, 0.5) is 4.79 Å². The molecule has 5 rings (SSSR count). The van der Waals surface area contributed by atoms with Crippen LogP contribution in [-0.4, -0.2) is 57.7 Å². The number of carbonyl (C=O) groups is 2. The van der Waals surface area contributed by atoms with E-state index < -0.39 is 6.09 Å². The monoisotopic (exact) mass is 453 g/mol. The zero-order valence-electron chi connectivity index (χ0n) is 17.8. The molecule has 0 bridgehead atoms. The number of fused-ring (bicyclic) bond motifs is 2. The van der Waals surface area contributed by atoms with Crippen molar-refractivity contribution >= 4 is 44.6 Å². The Balaban J connectivity index is 1.51. The Bertz CT molecular complexity index is 1310. The number of thiophene rings is 1. The molecule has 1 saturated heterocycles. The van der Waals surface area contributed by atoms with Crippen molar-refractivity contribution < 1.29 is 19.1 Å². The van der Waals surface area contributed by atoms with Crippen LogP contribution in [0, 0.1) is 0 Å². The molecule has 9 nitrogen and oxygen atoms in total. The van der Waals surface area contributed by atoms with Gasteiger partial charge in [0.2, 0.25) is 0 Å². The molecular weight excluding hydrogens is 430 g/mol. The molecular formula is C22H23N5O4S. The summed E-state index contributed by atoms with van der Waals surface area (Å²) >= 11 is 1.64. The highest BCUT2D eigenvalue weighted by atomic mass is 32.1. The van der Waals surface area contributed by atoms with Crippen molar-refractivity contribution in [2.24, 2.45) is 12.8 Å². The minimum atomic E-state index is -0.822. The van der Waals surface area contributed by atoms with Crippen LogP contribution in [0.3, 0.4) is 0 Å². The first kappa shape index (κ1) is 20.4. The molecule has 166 valence electrons.